The predicted octanol–water partition coefficient (Wildman–Crippen LogP) is 2.67. The fourth-order valence-corrected chi connectivity index (χ4v) is 3.54. The molecule has 0 unspecified atom stereocenters. The normalized spacial score (nSPS) is 24.3. The summed E-state index contributed by atoms with van der Waals surface area (Å²) in [5, 5.41) is 8.79. The highest BCUT2D eigenvalue weighted by atomic mass is 16.2. The highest BCUT2D eigenvalue weighted by Crippen LogP contribution is 2.27. The Balaban J connectivity index is 1.54. The molecule has 2 aromatic rings. The van der Waals surface area contributed by atoms with Crippen LogP contribution in [0.15, 0.2) is 42.5 Å². The largest absolute Gasteiger partial charge is 0.323 e. The molecule has 2 heterocycles. The molecule has 4 heteroatoms. The summed E-state index contributed by atoms with van der Waals surface area (Å²) in [7, 11) is 0. The summed E-state index contributed by atoms with van der Waals surface area (Å²) in [6.45, 7) is 2.78. The van der Waals surface area contributed by atoms with Crippen molar-refractivity contribution in [1.82, 2.24) is 10.2 Å². The van der Waals surface area contributed by atoms with Crippen molar-refractivity contribution in [3.8, 4) is 0 Å². The van der Waals surface area contributed by atoms with Gasteiger partial charge in [0, 0.05) is 24.5 Å². The van der Waals surface area contributed by atoms with Crippen LogP contribution in [0.2, 0.25) is 0 Å². The van der Waals surface area contributed by atoms with Crippen LogP contribution in [-0.4, -0.2) is 36.6 Å². The number of carbonyl (C=O) groups is 1. The minimum Gasteiger partial charge on any atom is -0.323 e. The summed E-state index contributed by atoms with van der Waals surface area (Å²) in [6.07, 6.45) is 1.18. The Labute approximate surface area is 124 Å². The van der Waals surface area contributed by atoms with E-state index in [2.05, 4.69) is 22.8 Å². The first-order valence-corrected chi connectivity index (χ1v) is 7.58. The first-order valence-electron chi connectivity index (χ1n) is 7.58. The summed E-state index contributed by atoms with van der Waals surface area (Å²) >= 11 is 0. The number of hydrogen-bond acceptors (Lipinski definition) is 2. The molecule has 2 aliphatic heterocycles. The molecule has 0 bridgehead atoms. The summed E-state index contributed by atoms with van der Waals surface area (Å²) in [5.41, 5.74) is 0.892. The maximum Gasteiger partial charge on any atom is 0.321 e. The maximum atomic E-state index is 12.5. The summed E-state index contributed by atoms with van der Waals surface area (Å²) < 4.78 is 0. The van der Waals surface area contributed by atoms with Gasteiger partial charge in [0.05, 0.1) is 5.69 Å². The number of rotatable bonds is 1. The number of anilines is 1. The number of benzene rings is 2. The number of nitrogens with zero attached hydrogens (tertiary/aromatic N) is 1. The Hall–Kier alpha value is -2.07. The number of fused-ring (bicyclic) bond motifs is 2. The molecule has 0 saturated carbocycles. The van der Waals surface area contributed by atoms with E-state index in [4.69, 9.17) is 0 Å². The summed E-state index contributed by atoms with van der Waals surface area (Å²) in [4.78, 5) is 14.4. The van der Waals surface area contributed by atoms with E-state index in [9.17, 15) is 4.79 Å². The zero-order chi connectivity index (χ0) is 14.2. The van der Waals surface area contributed by atoms with E-state index in [1.165, 1.54) is 6.42 Å². The fraction of sp³-hybridized carbons (Fsp3) is 0.353. The maximum absolute atomic E-state index is 12.5. The van der Waals surface area contributed by atoms with Crippen LogP contribution in [0.1, 0.15) is 6.42 Å². The van der Waals surface area contributed by atoms with Crippen molar-refractivity contribution in [2.75, 3.05) is 25.0 Å². The standard InChI is InChI=1S/C17H19N3O/c21-17(20-10-13-8-9-18-16(13)11-20)19-15-7-3-5-12-4-1-2-6-14(12)15/h1-7,13,16,18H,8-11H2,(H,19,21)/t13-,16+/m0/s1. The van der Waals surface area contributed by atoms with Crippen LogP contribution in [0.3, 0.4) is 0 Å². The van der Waals surface area contributed by atoms with Gasteiger partial charge in [-0.05, 0) is 30.3 Å². The highest BCUT2D eigenvalue weighted by molar-refractivity contribution is 6.01. The van der Waals surface area contributed by atoms with Crippen molar-refractivity contribution in [1.29, 1.82) is 0 Å². The molecule has 2 fully saturated rings. The molecule has 0 radical (unpaired) electrons. The van der Waals surface area contributed by atoms with E-state index < -0.39 is 0 Å². The molecular weight excluding hydrogens is 262 g/mol. The molecule has 2 atom stereocenters. The molecule has 0 aromatic heterocycles. The van der Waals surface area contributed by atoms with Crippen LogP contribution in [-0.2, 0) is 0 Å². The molecule has 2 saturated heterocycles. The SMILES string of the molecule is O=C(Nc1cccc2ccccc12)N1C[C@@H]2CCN[C@@H]2C1. The van der Waals surface area contributed by atoms with Crippen molar-refractivity contribution in [3.63, 3.8) is 0 Å². The van der Waals surface area contributed by atoms with Crippen LogP contribution in [0, 0.1) is 5.92 Å². The van der Waals surface area contributed by atoms with E-state index in [1.807, 2.05) is 35.2 Å². The lowest BCUT2D eigenvalue weighted by Crippen LogP contribution is -2.36. The number of hydrogen-bond donors (Lipinski definition) is 2. The van der Waals surface area contributed by atoms with Crippen LogP contribution < -0.4 is 10.6 Å². The summed E-state index contributed by atoms with van der Waals surface area (Å²) in [5.74, 6) is 0.628. The first-order chi connectivity index (χ1) is 10.3. The van der Waals surface area contributed by atoms with Crippen molar-refractivity contribution < 1.29 is 4.79 Å². The average molecular weight is 281 g/mol. The lowest BCUT2D eigenvalue weighted by Gasteiger charge is -2.19. The zero-order valence-corrected chi connectivity index (χ0v) is 11.9. The minimum atomic E-state index is 0.0163. The average Bonchev–Trinajstić information content (AvgIpc) is 3.09. The van der Waals surface area contributed by atoms with Crippen LogP contribution >= 0.6 is 0 Å². The van der Waals surface area contributed by atoms with Gasteiger partial charge < -0.3 is 15.5 Å². The molecule has 2 aromatic carbocycles. The van der Waals surface area contributed by atoms with E-state index in [0.29, 0.717) is 12.0 Å². The van der Waals surface area contributed by atoms with Crippen LogP contribution in [0.5, 0.6) is 0 Å². The van der Waals surface area contributed by atoms with Gasteiger partial charge in [-0.25, -0.2) is 4.79 Å². The third-order valence-corrected chi connectivity index (χ3v) is 4.68. The number of likely N-dealkylation sites (tertiary alicyclic amines) is 1. The van der Waals surface area contributed by atoms with Gasteiger partial charge >= 0.3 is 6.03 Å². The molecule has 4 rings (SSSR count). The fourth-order valence-electron chi connectivity index (χ4n) is 3.54. The van der Waals surface area contributed by atoms with Gasteiger partial charge in [0.15, 0.2) is 0 Å². The topological polar surface area (TPSA) is 44.4 Å². The van der Waals surface area contributed by atoms with Gasteiger partial charge in [0.25, 0.3) is 0 Å². The van der Waals surface area contributed by atoms with Gasteiger partial charge in [-0.1, -0.05) is 36.4 Å². The van der Waals surface area contributed by atoms with Gasteiger partial charge in [0.2, 0.25) is 0 Å². The Morgan fingerprint density at radius 3 is 2.90 bits per heavy atom. The Kier molecular flexibility index (Phi) is 3.04. The third kappa shape index (κ3) is 2.25. The molecular formula is C17H19N3O. The number of nitrogens with one attached hydrogen (secondary N) is 2. The lowest BCUT2D eigenvalue weighted by molar-refractivity contribution is 0.219. The molecule has 0 spiro atoms. The molecule has 108 valence electrons. The molecule has 21 heavy (non-hydrogen) atoms. The van der Waals surface area contributed by atoms with Gasteiger partial charge in [-0.15, -0.1) is 0 Å². The summed E-state index contributed by atoms with van der Waals surface area (Å²) in [6, 6.07) is 14.7. The number of carbonyl (C=O) groups excluding carboxylic acids is 1. The Morgan fingerprint density at radius 2 is 2.00 bits per heavy atom. The quantitative estimate of drug-likeness (QED) is 0.844. The van der Waals surface area contributed by atoms with Crippen LogP contribution in [0.4, 0.5) is 10.5 Å². The smallest absolute Gasteiger partial charge is 0.321 e. The van der Waals surface area contributed by atoms with Crippen LogP contribution in [0.25, 0.3) is 10.8 Å². The van der Waals surface area contributed by atoms with Crippen molar-refractivity contribution >= 4 is 22.5 Å². The molecule has 4 nitrogen and oxygen atoms in total. The number of amides is 2. The van der Waals surface area contributed by atoms with Gasteiger partial charge in [-0.3, -0.25) is 0 Å². The predicted molar refractivity (Wildman–Crippen MR) is 84.4 cm³/mol. The van der Waals surface area contributed by atoms with E-state index in [0.717, 1.165) is 36.1 Å². The number of urea groups is 1. The van der Waals surface area contributed by atoms with Gasteiger partial charge in [-0.2, -0.15) is 0 Å². The molecule has 2 amide bonds. The second kappa shape index (κ2) is 5.04. The van der Waals surface area contributed by atoms with Crippen molar-refractivity contribution in [2.24, 2.45) is 5.92 Å². The van der Waals surface area contributed by atoms with E-state index in [1.54, 1.807) is 0 Å². The zero-order valence-electron chi connectivity index (χ0n) is 11.9. The monoisotopic (exact) mass is 281 g/mol. The molecule has 2 N–H and O–H groups in total. The Bertz CT molecular complexity index is 667. The second-order valence-corrected chi connectivity index (χ2v) is 5.97. The van der Waals surface area contributed by atoms with E-state index in [-0.39, 0.29) is 6.03 Å². The van der Waals surface area contributed by atoms with Crippen molar-refractivity contribution in [3.05, 3.63) is 42.5 Å². The minimum absolute atomic E-state index is 0.0163. The third-order valence-electron chi connectivity index (χ3n) is 4.68. The lowest BCUT2D eigenvalue weighted by atomic mass is 10.1. The van der Waals surface area contributed by atoms with E-state index >= 15 is 0 Å². The first kappa shape index (κ1) is 12.7. The van der Waals surface area contributed by atoms with Crippen molar-refractivity contribution in [2.45, 2.75) is 12.5 Å². The van der Waals surface area contributed by atoms with Gasteiger partial charge in [0.1, 0.15) is 0 Å². The second-order valence-electron chi connectivity index (χ2n) is 5.97. The highest BCUT2D eigenvalue weighted by Gasteiger charge is 2.37. The Morgan fingerprint density at radius 1 is 1.14 bits per heavy atom. The molecule has 0 aliphatic carbocycles. The molecule has 2 aliphatic rings.